The molecular formula is C47H30BN3S2. The van der Waals surface area contributed by atoms with E-state index in [1.54, 1.807) is 0 Å². The summed E-state index contributed by atoms with van der Waals surface area (Å²) in [5.41, 5.74) is 13.8. The Morgan fingerprint density at radius 1 is 0.434 bits per heavy atom. The highest BCUT2D eigenvalue weighted by molar-refractivity contribution is 7.40. The van der Waals surface area contributed by atoms with E-state index in [4.69, 9.17) is 0 Å². The molecule has 2 aliphatic heterocycles. The van der Waals surface area contributed by atoms with Crippen LogP contribution in [-0.2, 0) is 7.05 Å². The van der Waals surface area contributed by atoms with Crippen LogP contribution in [0.25, 0.3) is 53.1 Å². The van der Waals surface area contributed by atoms with E-state index in [-0.39, 0.29) is 6.71 Å². The molecule has 2 aliphatic rings. The summed E-state index contributed by atoms with van der Waals surface area (Å²) >= 11 is 3.91. The van der Waals surface area contributed by atoms with Crippen LogP contribution in [0.2, 0.25) is 0 Å². The van der Waals surface area contributed by atoms with Gasteiger partial charge in [0.2, 0.25) is 0 Å². The number of aryl methyl sites for hydroxylation is 1. The first-order valence-electron chi connectivity index (χ1n) is 18.1. The molecule has 0 aliphatic carbocycles. The normalized spacial score (nSPS) is 13.3. The minimum atomic E-state index is 0.133. The van der Waals surface area contributed by atoms with E-state index in [9.17, 15) is 0 Å². The van der Waals surface area contributed by atoms with Crippen LogP contribution in [0.3, 0.4) is 0 Å². The van der Waals surface area contributed by atoms with Crippen molar-refractivity contribution in [2.24, 2.45) is 7.05 Å². The zero-order valence-corrected chi connectivity index (χ0v) is 30.5. The van der Waals surface area contributed by atoms with Gasteiger partial charge in [0, 0.05) is 81.3 Å². The number of fused-ring (bicyclic) bond motifs is 11. The van der Waals surface area contributed by atoms with Gasteiger partial charge >= 0.3 is 0 Å². The lowest BCUT2D eigenvalue weighted by atomic mass is 9.39. The van der Waals surface area contributed by atoms with Gasteiger partial charge < -0.3 is 14.4 Å². The molecule has 3 aromatic heterocycles. The second kappa shape index (κ2) is 11.0. The summed E-state index contributed by atoms with van der Waals surface area (Å²) in [6.45, 7) is 0.133. The first kappa shape index (κ1) is 29.5. The minimum Gasteiger partial charge on any atom is -0.344 e. The van der Waals surface area contributed by atoms with Gasteiger partial charge in [0.1, 0.15) is 0 Å². The fourth-order valence-corrected chi connectivity index (χ4v) is 11.8. The third-order valence-corrected chi connectivity index (χ3v) is 13.8. The van der Waals surface area contributed by atoms with E-state index in [1.165, 1.54) is 102 Å². The molecule has 0 N–H and O–H groups in total. The van der Waals surface area contributed by atoms with Crippen molar-refractivity contribution < 1.29 is 0 Å². The second-order valence-electron chi connectivity index (χ2n) is 14.1. The molecule has 248 valence electrons. The number of nitrogens with zero attached hydrogens (tertiary/aromatic N) is 3. The molecule has 53 heavy (non-hydrogen) atoms. The number of aromatic nitrogens is 1. The van der Waals surface area contributed by atoms with Gasteiger partial charge in [-0.05, 0) is 83.3 Å². The van der Waals surface area contributed by atoms with Crippen LogP contribution >= 0.6 is 22.7 Å². The molecule has 3 nitrogen and oxygen atoms in total. The lowest BCUT2D eigenvalue weighted by Crippen LogP contribution is -2.59. The molecule has 6 heteroatoms. The Kier molecular flexibility index (Phi) is 6.10. The van der Waals surface area contributed by atoms with Gasteiger partial charge in [-0.25, -0.2) is 0 Å². The Balaban J connectivity index is 1.12. The first-order chi connectivity index (χ1) is 26.2. The van der Waals surface area contributed by atoms with Crippen molar-refractivity contribution in [1.29, 1.82) is 0 Å². The molecule has 7 aromatic carbocycles. The fourth-order valence-electron chi connectivity index (χ4n) is 9.09. The highest BCUT2D eigenvalue weighted by atomic mass is 32.1. The number of benzene rings is 7. The van der Waals surface area contributed by atoms with Crippen molar-refractivity contribution in [3.05, 3.63) is 164 Å². The molecule has 0 radical (unpaired) electrons. The molecule has 0 saturated carbocycles. The van der Waals surface area contributed by atoms with Gasteiger partial charge in [-0.1, -0.05) is 97.1 Å². The summed E-state index contributed by atoms with van der Waals surface area (Å²) in [5.74, 6) is 0. The van der Waals surface area contributed by atoms with Crippen LogP contribution < -0.4 is 24.8 Å². The van der Waals surface area contributed by atoms with E-state index in [0.29, 0.717) is 0 Å². The molecule has 0 spiro atoms. The van der Waals surface area contributed by atoms with Gasteiger partial charge in [-0.3, -0.25) is 0 Å². The third-order valence-electron chi connectivity index (χ3n) is 11.4. The summed E-state index contributed by atoms with van der Waals surface area (Å²) < 4.78 is 7.78. The van der Waals surface area contributed by atoms with E-state index in [2.05, 4.69) is 185 Å². The fraction of sp³-hybridized carbons (Fsp3) is 0.0213. The molecule has 0 amide bonds. The smallest absolute Gasteiger partial charge is 0.277 e. The topological polar surface area (TPSA) is 11.4 Å². The summed E-state index contributed by atoms with van der Waals surface area (Å²) in [7, 11) is 2.17. The van der Waals surface area contributed by atoms with E-state index < -0.39 is 0 Å². The Morgan fingerprint density at radius 3 is 1.70 bits per heavy atom. The molecule has 5 heterocycles. The predicted octanol–water partition coefficient (Wildman–Crippen LogP) is 11.5. The van der Waals surface area contributed by atoms with E-state index in [0.717, 1.165) is 0 Å². The summed E-state index contributed by atoms with van der Waals surface area (Å²) in [5, 5.41) is 5.20. The molecule has 0 unspecified atom stereocenters. The van der Waals surface area contributed by atoms with Gasteiger partial charge in [0.25, 0.3) is 6.71 Å². The number of para-hydroxylation sites is 2. The zero-order valence-electron chi connectivity index (χ0n) is 28.8. The number of thiophene rings is 2. The van der Waals surface area contributed by atoms with Gasteiger partial charge in [0.05, 0.1) is 11.4 Å². The monoisotopic (exact) mass is 711 g/mol. The Labute approximate surface area is 315 Å². The maximum Gasteiger partial charge on any atom is 0.277 e. The molecule has 0 fully saturated rings. The van der Waals surface area contributed by atoms with Crippen molar-refractivity contribution in [2.45, 2.75) is 0 Å². The van der Waals surface area contributed by atoms with E-state index >= 15 is 0 Å². The molecule has 0 saturated heterocycles. The molecular weight excluding hydrogens is 681 g/mol. The highest BCUT2D eigenvalue weighted by Crippen LogP contribution is 2.50. The number of hydrogen-bond acceptors (Lipinski definition) is 4. The largest absolute Gasteiger partial charge is 0.344 e. The van der Waals surface area contributed by atoms with E-state index in [1.807, 2.05) is 22.7 Å². The van der Waals surface area contributed by atoms with Crippen LogP contribution in [-0.4, -0.2) is 11.3 Å². The lowest BCUT2D eigenvalue weighted by molar-refractivity contribution is 1.01. The van der Waals surface area contributed by atoms with Crippen molar-refractivity contribution in [2.75, 3.05) is 9.80 Å². The highest BCUT2D eigenvalue weighted by Gasteiger charge is 2.46. The van der Waals surface area contributed by atoms with Crippen LogP contribution in [0.5, 0.6) is 0 Å². The number of rotatable bonds is 3. The summed E-state index contributed by atoms with van der Waals surface area (Å²) in [6, 6.07) is 60.6. The van der Waals surface area contributed by atoms with Crippen molar-refractivity contribution in [3.8, 4) is 11.1 Å². The predicted molar refractivity (Wildman–Crippen MR) is 231 cm³/mol. The van der Waals surface area contributed by atoms with Crippen LogP contribution in [0.1, 0.15) is 0 Å². The minimum absolute atomic E-state index is 0.133. The van der Waals surface area contributed by atoms with Gasteiger partial charge in [-0.15, -0.1) is 22.7 Å². The Bertz CT molecular complexity index is 3120. The van der Waals surface area contributed by atoms with Crippen LogP contribution in [0, 0.1) is 0 Å². The summed E-state index contributed by atoms with van der Waals surface area (Å²) in [4.78, 5) is 5.08. The van der Waals surface area contributed by atoms with Crippen molar-refractivity contribution >= 4 is 121 Å². The standard InChI is InChI=1S/C47H30BN3S2/c1-49-37-20-8-5-17-33(37)36-28-30(25-26-38(36)49)29-13-11-16-32(27-29)51-40-22-12-21-39-43(40)48(47-45(51)35-19-7-10-24-42(35)53-47)46-44(34-18-6-9-23-41(34)52-46)50(39)31-14-3-2-4-15-31/h2-28H,1H3. The van der Waals surface area contributed by atoms with Gasteiger partial charge in [-0.2, -0.15) is 0 Å². The summed E-state index contributed by atoms with van der Waals surface area (Å²) in [6.07, 6.45) is 0. The van der Waals surface area contributed by atoms with Gasteiger partial charge in [0.15, 0.2) is 0 Å². The average molecular weight is 712 g/mol. The quantitative estimate of drug-likeness (QED) is 0.169. The Hall–Kier alpha value is -6.08. The number of hydrogen-bond donors (Lipinski definition) is 0. The zero-order chi connectivity index (χ0) is 34.8. The second-order valence-corrected chi connectivity index (χ2v) is 16.3. The van der Waals surface area contributed by atoms with Crippen LogP contribution in [0.15, 0.2) is 164 Å². The maximum absolute atomic E-state index is 2.56. The SMILES string of the molecule is Cn1c2ccccc2c2cc(-c3cccc(N4c5cccc6c5B(c5sc7ccccc7c5N6c5ccccc5)c5sc6ccccc6c54)c3)ccc21. The third kappa shape index (κ3) is 4.05. The molecule has 12 rings (SSSR count). The Morgan fingerprint density at radius 2 is 0.981 bits per heavy atom. The lowest BCUT2D eigenvalue weighted by Gasteiger charge is -2.42. The average Bonchev–Trinajstić information content (AvgIpc) is 3.88. The molecule has 10 aromatic rings. The maximum atomic E-state index is 2.56. The van der Waals surface area contributed by atoms with Crippen molar-refractivity contribution in [1.82, 2.24) is 4.57 Å². The first-order valence-corrected chi connectivity index (χ1v) is 19.7. The van der Waals surface area contributed by atoms with Crippen LogP contribution in [0.4, 0.5) is 34.1 Å². The molecule has 0 bridgehead atoms. The number of anilines is 6. The van der Waals surface area contributed by atoms with Crippen molar-refractivity contribution in [3.63, 3.8) is 0 Å². The molecule has 0 atom stereocenters.